The van der Waals surface area contributed by atoms with Crippen LogP contribution in [0.3, 0.4) is 0 Å². The van der Waals surface area contributed by atoms with E-state index in [0.717, 1.165) is 39.1 Å². The SMILES string of the molecule is CCC(CC)C(CNC(=O)c1ccc(NC(=O)Nc2ccccc2)cc1)N1CCOCC1. The Hall–Kier alpha value is -2.90. The first-order valence-electron chi connectivity index (χ1n) is 11.4. The van der Waals surface area contributed by atoms with E-state index in [1.54, 1.807) is 24.3 Å². The molecule has 0 saturated carbocycles. The van der Waals surface area contributed by atoms with E-state index < -0.39 is 0 Å². The van der Waals surface area contributed by atoms with Crippen LogP contribution in [0.15, 0.2) is 54.6 Å². The van der Waals surface area contributed by atoms with E-state index in [-0.39, 0.29) is 11.9 Å². The van der Waals surface area contributed by atoms with Crippen LogP contribution >= 0.6 is 0 Å². The molecule has 0 aromatic heterocycles. The Kier molecular flexibility index (Phi) is 9.07. The summed E-state index contributed by atoms with van der Waals surface area (Å²) in [6.07, 6.45) is 2.17. The van der Waals surface area contributed by atoms with Crippen molar-refractivity contribution in [3.8, 4) is 0 Å². The standard InChI is InChI=1S/C25H34N4O3/c1-3-19(4-2)23(29-14-16-32-17-15-29)18-26-24(30)20-10-12-22(13-11-20)28-25(31)27-21-8-6-5-7-9-21/h5-13,19,23H,3-4,14-18H2,1-2H3,(H,26,30)(H2,27,28,31). The summed E-state index contributed by atoms with van der Waals surface area (Å²) in [4.78, 5) is 27.3. The maximum atomic E-state index is 12.8. The van der Waals surface area contributed by atoms with E-state index in [1.165, 1.54) is 0 Å². The molecular weight excluding hydrogens is 404 g/mol. The molecule has 3 amide bonds. The summed E-state index contributed by atoms with van der Waals surface area (Å²) in [6.45, 7) is 8.34. The summed E-state index contributed by atoms with van der Waals surface area (Å²) < 4.78 is 5.50. The fourth-order valence-electron chi connectivity index (χ4n) is 4.16. The van der Waals surface area contributed by atoms with Crippen LogP contribution in [0.1, 0.15) is 37.0 Å². The molecule has 3 N–H and O–H groups in total. The second-order valence-electron chi connectivity index (χ2n) is 8.02. The van der Waals surface area contributed by atoms with Gasteiger partial charge in [0, 0.05) is 42.6 Å². The number of hydrogen-bond donors (Lipinski definition) is 3. The second-order valence-corrected chi connectivity index (χ2v) is 8.02. The molecule has 7 nitrogen and oxygen atoms in total. The van der Waals surface area contributed by atoms with Gasteiger partial charge in [-0.1, -0.05) is 44.9 Å². The van der Waals surface area contributed by atoms with Crippen molar-refractivity contribution in [2.75, 3.05) is 43.5 Å². The van der Waals surface area contributed by atoms with Gasteiger partial charge in [0.2, 0.25) is 0 Å². The zero-order chi connectivity index (χ0) is 22.8. The van der Waals surface area contributed by atoms with E-state index in [0.29, 0.717) is 35.4 Å². The quantitative estimate of drug-likeness (QED) is 0.548. The number of amides is 3. The van der Waals surface area contributed by atoms with Crippen molar-refractivity contribution in [1.29, 1.82) is 0 Å². The predicted octanol–water partition coefficient (Wildman–Crippen LogP) is 4.20. The first-order valence-corrected chi connectivity index (χ1v) is 11.4. The Balaban J connectivity index is 1.54. The van der Waals surface area contributed by atoms with E-state index in [9.17, 15) is 9.59 Å². The van der Waals surface area contributed by atoms with Crippen LogP contribution in [0, 0.1) is 5.92 Å². The number of rotatable bonds is 9. The highest BCUT2D eigenvalue weighted by molar-refractivity contribution is 6.00. The molecular formula is C25H34N4O3. The van der Waals surface area contributed by atoms with Crippen LogP contribution in [0.4, 0.5) is 16.2 Å². The van der Waals surface area contributed by atoms with Crippen molar-refractivity contribution in [1.82, 2.24) is 10.2 Å². The number of urea groups is 1. The van der Waals surface area contributed by atoms with Gasteiger partial charge >= 0.3 is 6.03 Å². The number of para-hydroxylation sites is 1. The first-order chi connectivity index (χ1) is 15.6. The molecule has 7 heteroatoms. The molecule has 0 aliphatic carbocycles. The Bertz CT molecular complexity index is 847. The lowest BCUT2D eigenvalue weighted by Crippen LogP contribution is -2.52. The third-order valence-corrected chi connectivity index (χ3v) is 6.02. The molecule has 32 heavy (non-hydrogen) atoms. The molecule has 1 heterocycles. The summed E-state index contributed by atoms with van der Waals surface area (Å²) >= 11 is 0. The van der Waals surface area contributed by atoms with Crippen LogP contribution in [-0.4, -0.2) is 55.7 Å². The van der Waals surface area contributed by atoms with Gasteiger partial charge < -0.3 is 20.7 Å². The Morgan fingerprint density at radius 2 is 1.50 bits per heavy atom. The molecule has 0 radical (unpaired) electrons. The highest BCUT2D eigenvalue weighted by atomic mass is 16.5. The number of ether oxygens (including phenoxy) is 1. The second kappa shape index (κ2) is 12.2. The van der Waals surface area contributed by atoms with Crippen LogP contribution < -0.4 is 16.0 Å². The number of hydrogen-bond acceptors (Lipinski definition) is 4. The van der Waals surface area contributed by atoms with Crippen LogP contribution in [0.5, 0.6) is 0 Å². The molecule has 3 rings (SSSR count). The summed E-state index contributed by atoms with van der Waals surface area (Å²) in [6, 6.07) is 16.2. The number of carbonyl (C=O) groups excluding carboxylic acids is 2. The maximum Gasteiger partial charge on any atom is 0.323 e. The van der Waals surface area contributed by atoms with Crippen molar-refractivity contribution in [3.05, 3.63) is 60.2 Å². The van der Waals surface area contributed by atoms with Gasteiger partial charge in [0.25, 0.3) is 5.91 Å². The van der Waals surface area contributed by atoms with Gasteiger partial charge in [-0.05, 0) is 42.3 Å². The third-order valence-electron chi connectivity index (χ3n) is 6.02. The van der Waals surface area contributed by atoms with E-state index in [1.807, 2.05) is 30.3 Å². The van der Waals surface area contributed by atoms with Crippen LogP contribution in [0.25, 0.3) is 0 Å². The topological polar surface area (TPSA) is 82.7 Å². The monoisotopic (exact) mass is 438 g/mol. The van der Waals surface area contributed by atoms with Crippen molar-refractivity contribution in [2.24, 2.45) is 5.92 Å². The lowest BCUT2D eigenvalue weighted by Gasteiger charge is -2.38. The lowest BCUT2D eigenvalue weighted by atomic mass is 9.92. The molecule has 0 bridgehead atoms. The zero-order valence-electron chi connectivity index (χ0n) is 19.0. The molecule has 1 aliphatic heterocycles. The number of nitrogens with one attached hydrogen (secondary N) is 3. The number of anilines is 2. The minimum atomic E-state index is -0.327. The van der Waals surface area contributed by atoms with Gasteiger partial charge in [0.05, 0.1) is 13.2 Å². The Morgan fingerprint density at radius 3 is 2.09 bits per heavy atom. The Morgan fingerprint density at radius 1 is 0.906 bits per heavy atom. The summed E-state index contributed by atoms with van der Waals surface area (Å²) in [5.41, 5.74) is 1.91. The van der Waals surface area contributed by atoms with Gasteiger partial charge in [-0.15, -0.1) is 0 Å². The molecule has 172 valence electrons. The fraction of sp³-hybridized carbons (Fsp3) is 0.440. The molecule has 1 unspecified atom stereocenters. The molecule has 0 spiro atoms. The van der Waals surface area contributed by atoms with Crippen molar-refractivity contribution in [2.45, 2.75) is 32.7 Å². The summed E-state index contributed by atoms with van der Waals surface area (Å²) in [5, 5.41) is 8.67. The largest absolute Gasteiger partial charge is 0.379 e. The average Bonchev–Trinajstić information content (AvgIpc) is 2.83. The average molecular weight is 439 g/mol. The Labute approximate surface area is 190 Å². The lowest BCUT2D eigenvalue weighted by molar-refractivity contribution is 0.00191. The molecule has 1 atom stereocenters. The van der Waals surface area contributed by atoms with Gasteiger partial charge in [-0.3, -0.25) is 9.69 Å². The molecule has 1 aliphatic rings. The van der Waals surface area contributed by atoms with Crippen molar-refractivity contribution in [3.63, 3.8) is 0 Å². The molecule has 2 aromatic rings. The number of nitrogens with zero attached hydrogens (tertiary/aromatic N) is 1. The van der Waals surface area contributed by atoms with E-state index in [4.69, 9.17) is 4.74 Å². The van der Waals surface area contributed by atoms with Gasteiger partial charge in [0.15, 0.2) is 0 Å². The summed E-state index contributed by atoms with van der Waals surface area (Å²) in [7, 11) is 0. The predicted molar refractivity (Wildman–Crippen MR) is 128 cm³/mol. The highest BCUT2D eigenvalue weighted by Gasteiger charge is 2.27. The fourth-order valence-corrected chi connectivity index (χ4v) is 4.16. The number of benzene rings is 2. The van der Waals surface area contributed by atoms with Gasteiger partial charge in [-0.2, -0.15) is 0 Å². The van der Waals surface area contributed by atoms with E-state index in [2.05, 4.69) is 34.7 Å². The molecule has 1 fully saturated rings. The third kappa shape index (κ3) is 6.80. The minimum absolute atomic E-state index is 0.102. The van der Waals surface area contributed by atoms with Crippen LogP contribution in [0.2, 0.25) is 0 Å². The van der Waals surface area contributed by atoms with Gasteiger partial charge in [-0.25, -0.2) is 4.79 Å². The maximum absolute atomic E-state index is 12.8. The normalized spacial score (nSPS) is 15.2. The first kappa shape index (κ1) is 23.8. The molecule has 2 aromatic carbocycles. The highest BCUT2D eigenvalue weighted by Crippen LogP contribution is 2.20. The van der Waals surface area contributed by atoms with E-state index >= 15 is 0 Å². The van der Waals surface area contributed by atoms with Crippen molar-refractivity contribution < 1.29 is 14.3 Å². The molecule has 1 saturated heterocycles. The number of carbonyl (C=O) groups is 2. The van der Waals surface area contributed by atoms with Crippen LogP contribution in [-0.2, 0) is 4.74 Å². The summed E-state index contributed by atoms with van der Waals surface area (Å²) in [5.74, 6) is 0.428. The zero-order valence-corrected chi connectivity index (χ0v) is 19.0. The smallest absolute Gasteiger partial charge is 0.323 e. The number of morpholine rings is 1. The van der Waals surface area contributed by atoms with Crippen molar-refractivity contribution >= 4 is 23.3 Å². The van der Waals surface area contributed by atoms with Gasteiger partial charge in [0.1, 0.15) is 0 Å². The minimum Gasteiger partial charge on any atom is -0.379 e.